The third-order valence-electron chi connectivity index (χ3n) is 5.39. The standard InChI is InChI=1S/C22H31IOSi/c1-7-21(24-25(5,6)22(2,3)4)20(16-23)15-17-12-13-18-10-8-9-11-19(18)14-17/h8-14,16,21H,7,15H2,1-6H3. The molecule has 25 heavy (non-hydrogen) atoms. The normalized spacial score (nSPS) is 14.8. The Hall–Kier alpha value is -0.653. The van der Waals surface area contributed by atoms with Gasteiger partial charge in [0.2, 0.25) is 0 Å². The maximum atomic E-state index is 6.73. The monoisotopic (exact) mass is 466 g/mol. The predicted molar refractivity (Wildman–Crippen MR) is 122 cm³/mol. The average Bonchev–Trinajstić information content (AvgIpc) is 2.56. The largest absolute Gasteiger partial charge is 0.410 e. The lowest BCUT2D eigenvalue weighted by Crippen LogP contribution is -2.44. The van der Waals surface area contributed by atoms with Crippen molar-refractivity contribution in [1.29, 1.82) is 0 Å². The van der Waals surface area contributed by atoms with Gasteiger partial charge < -0.3 is 4.43 Å². The molecule has 0 fully saturated rings. The second-order valence-electron chi connectivity index (χ2n) is 8.32. The molecule has 0 saturated carbocycles. The Morgan fingerprint density at radius 3 is 2.32 bits per heavy atom. The van der Waals surface area contributed by atoms with Crippen LogP contribution in [-0.2, 0) is 10.8 Å². The van der Waals surface area contributed by atoms with Crippen molar-refractivity contribution in [3.8, 4) is 0 Å². The van der Waals surface area contributed by atoms with Crippen molar-refractivity contribution in [1.82, 2.24) is 0 Å². The van der Waals surface area contributed by atoms with E-state index in [1.54, 1.807) is 0 Å². The van der Waals surface area contributed by atoms with E-state index in [0.717, 1.165) is 12.8 Å². The van der Waals surface area contributed by atoms with Gasteiger partial charge in [-0.3, -0.25) is 0 Å². The van der Waals surface area contributed by atoms with E-state index < -0.39 is 8.32 Å². The molecule has 1 unspecified atom stereocenters. The molecule has 1 nitrogen and oxygen atoms in total. The lowest BCUT2D eigenvalue weighted by atomic mass is 9.98. The molecule has 2 rings (SSSR count). The van der Waals surface area contributed by atoms with Crippen LogP contribution in [-0.4, -0.2) is 14.4 Å². The topological polar surface area (TPSA) is 9.23 Å². The van der Waals surface area contributed by atoms with E-state index in [0.29, 0.717) is 0 Å². The quantitative estimate of drug-likeness (QED) is 0.316. The van der Waals surface area contributed by atoms with Crippen LogP contribution in [0.4, 0.5) is 0 Å². The summed E-state index contributed by atoms with van der Waals surface area (Å²) in [7, 11) is -1.77. The van der Waals surface area contributed by atoms with Crippen LogP contribution < -0.4 is 0 Å². The molecule has 3 heteroatoms. The molecular weight excluding hydrogens is 435 g/mol. The molecule has 0 N–H and O–H groups in total. The van der Waals surface area contributed by atoms with E-state index >= 15 is 0 Å². The van der Waals surface area contributed by atoms with Gasteiger partial charge in [0, 0.05) is 0 Å². The molecule has 0 saturated heterocycles. The van der Waals surface area contributed by atoms with Crippen molar-refractivity contribution in [2.75, 3.05) is 0 Å². The summed E-state index contributed by atoms with van der Waals surface area (Å²) in [6.45, 7) is 13.8. The minimum Gasteiger partial charge on any atom is -0.410 e. The molecule has 0 spiro atoms. The van der Waals surface area contributed by atoms with Gasteiger partial charge in [-0.2, -0.15) is 0 Å². The fraction of sp³-hybridized carbons (Fsp3) is 0.455. The number of fused-ring (bicyclic) bond motifs is 1. The highest BCUT2D eigenvalue weighted by Gasteiger charge is 2.39. The third kappa shape index (κ3) is 5.17. The first-order valence-corrected chi connectivity index (χ1v) is 13.3. The van der Waals surface area contributed by atoms with Gasteiger partial charge in [0.15, 0.2) is 8.32 Å². The summed E-state index contributed by atoms with van der Waals surface area (Å²) >= 11 is 2.38. The highest BCUT2D eigenvalue weighted by molar-refractivity contribution is 14.1. The minimum atomic E-state index is -1.77. The Kier molecular flexibility index (Phi) is 6.91. The Bertz CT molecular complexity index is 743. The van der Waals surface area contributed by atoms with Gasteiger partial charge >= 0.3 is 0 Å². The van der Waals surface area contributed by atoms with Crippen LogP contribution in [0.25, 0.3) is 10.8 Å². The molecule has 0 heterocycles. The van der Waals surface area contributed by atoms with Gasteiger partial charge in [-0.25, -0.2) is 0 Å². The van der Waals surface area contributed by atoms with Crippen molar-refractivity contribution >= 4 is 41.7 Å². The molecule has 1 atom stereocenters. The molecule has 0 aliphatic rings. The first-order valence-electron chi connectivity index (χ1n) is 9.12. The van der Waals surface area contributed by atoms with E-state index in [9.17, 15) is 0 Å². The molecule has 0 bridgehead atoms. The lowest BCUT2D eigenvalue weighted by Gasteiger charge is -2.39. The number of halogens is 1. The van der Waals surface area contributed by atoms with Crippen molar-refractivity contribution in [3.63, 3.8) is 0 Å². The van der Waals surface area contributed by atoms with Crippen LogP contribution in [0.1, 0.15) is 39.7 Å². The highest BCUT2D eigenvalue weighted by atomic mass is 127. The van der Waals surface area contributed by atoms with E-state index in [1.165, 1.54) is 21.9 Å². The third-order valence-corrected chi connectivity index (χ3v) is 10.7. The van der Waals surface area contributed by atoms with Crippen molar-refractivity contribution in [2.45, 2.75) is 64.8 Å². The van der Waals surface area contributed by atoms with E-state index in [2.05, 4.69) is 110 Å². The number of benzene rings is 2. The lowest BCUT2D eigenvalue weighted by molar-refractivity contribution is 0.207. The van der Waals surface area contributed by atoms with Gasteiger partial charge in [-0.1, -0.05) is 92.8 Å². The Morgan fingerprint density at radius 1 is 1.12 bits per heavy atom. The van der Waals surface area contributed by atoms with Gasteiger partial charge in [-0.15, -0.1) is 0 Å². The van der Waals surface area contributed by atoms with Crippen LogP contribution in [0.2, 0.25) is 18.1 Å². The zero-order valence-electron chi connectivity index (χ0n) is 16.4. The van der Waals surface area contributed by atoms with E-state index in [1.807, 2.05) is 0 Å². The zero-order valence-corrected chi connectivity index (χ0v) is 19.6. The van der Waals surface area contributed by atoms with Gasteiger partial charge in [0.05, 0.1) is 6.10 Å². The van der Waals surface area contributed by atoms with E-state index in [4.69, 9.17) is 4.43 Å². The van der Waals surface area contributed by atoms with Crippen molar-refractivity contribution in [2.24, 2.45) is 0 Å². The maximum Gasteiger partial charge on any atom is 0.192 e. The predicted octanol–water partition coefficient (Wildman–Crippen LogP) is 7.50. The van der Waals surface area contributed by atoms with Crippen LogP contribution >= 0.6 is 22.6 Å². The maximum absolute atomic E-state index is 6.73. The fourth-order valence-corrected chi connectivity index (χ4v) is 4.76. The first-order chi connectivity index (χ1) is 11.7. The van der Waals surface area contributed by atoms with Crippen LogP contribution in [0.15, 0.2) is 52.1 Å². The number of rotatable bonds is 6. The summed E-state index contributed by atoms with van der Waals surface area (Å²) in [4.78, 5) is 0. The summed E-state index contributed by atoms with van der Waals surface area (Å²) in [5.41, 5.74) is 2.75. The molecule has 0 aliphatic carbocycles. The molecule has 0 radical (unpaired) electrons. The van der Waals surface area contributed by atoms with Crippen LogP contribution in [0.3, 0.4) is 0 Å². The SMILES string of the molecule is CCC(O[Si](C)(C)C(C)(C)C)C(=CI)Cc1ccc2ccccc2c1. The number of hydrogen-bond acceptors (Lipinski definition) is 1. The van der Waals surface area contributed by atoms with Crippen LogP contribution in [0, 0.1) is 0 Å². The molecule has 2 aromatic carbocycles. The molecule has 2 aromatic rings. The molecule has 0 aromatic heterocycles. The molecular formula is C22H31IOSi. The Labute approximate surface area is 168 Å². The fourth-order valence-electron chi connectivity index (χ4n) is 2.76. The minimum absolute atomic E-state index is 0.212. The van der Waals surface area contributed by atoms with Crippen LogP contribution in [0.5, 0.6) is 0 Å². The zero-order chi connectivity index (χ0) is 18.7. The van der Waals surface area contributed by atoms with Gasteiger partial charge in [0.25, 0.3) is 0 Å². The smallest absolute Gasteiger partial charge is 0.192 e. The van der Waals surface area contributed by atoms with Gasteiger partial charge in [0.1, 0.15) is 0 Å². The molecule has 0 amide bonds. The highest BCUT2D eigenvalue weighted by Crippen LogP contribution is 2.39. The van der Waals surface area contributed by atoms with E-state index in [-0.39, 0.29) is 11.1 Å². The Morgan fingerprint density at radius 2 is 1.76 bits per heavy atom. The summed E-state index contributed by atoms with van der Waals surface area (Å²) in [5, 5.41) is 2.85. The number of hydrogen-bond donors (Lipinski definition) is 0. The second kappa shape index (κ2) is 8.36. The van der Waals surface area contributed by atoms with Crippen molar-refractivity contribution < 1.29 is 4.43 Å². The van der Waals surface area contributed by atoms with Crippen molar-refractivity contribution in [3.05, 3.63) is 57.7 Å². The second-order valence-corrected chi connectivity index (χ2v) is 13.7. The average molecular weight is 466 g/mol. The summed E-state index contributed by atoms with van der Waals surface area (Å²) in [6, 6.07) is 15.4. The first kappa shape index (κ1) is 20.7. The summed E-state index contributed by atoms with van der Waals surface area (Å²) < 4.78 is 8.96. The molecule has 136 valence electrons. The van der Waals surface area contributed by atoms with Gasteiger partial charge in [-0.05, 0) is 57.0 Å². The summed E-state index contributed by atoms with van der Waals surface area (Å²) in [6.07, 6.45) is 2.19. The Balaban J connectivity index is 2.21. The summed E-state index contributed by atoms with van der Waals surface area (Å²) in [5.74, 6) is 0. The molecule has 0 aliphatic heterocycles.